The Morgan fingerprint density at radius 1 is 1.15 bits per heavy atom. The highest BCUT2D eigenvalue weighted by molar-refractivity contribution is 8.00. The lowest BCUT2D eigenvalue weighted by Gasteiger charge is -2.16. The maximum atomic E-state index is 11.9. The molecule has 2 heterocycles. The average Bonchev–Trinajstić information content (AvgIpc) is 2.53. The summed E-state index contributed by atoms with van der Waals surface area (Å²) in [4.78, 5) is 21.4. The third-order valence-corrected chi connectivity index (χ3v) is 3.82. The molecule has 100 valence electrons. The Bertz CT molecular complexity index is 657. The Balaban J connectivity index is 1.65. The molecule has 0 aliphatic carbocycles. The molecule has 3 rings (SSSR count). The molecule has 5 nitrogen and oxygen atoms in total. The normalized spacial score (nSPS) is 13.1. The molecule has 0 fully saturated rings. The van der Waals surface area contributed by atoms with E-state index in [1.165, 1.54) is 0 Å². The molecule has 0 bridgehead atoms. The van der Waals surface area contributed by atoms with Crippen LogP contribution in [0.4, 0.5) is 5.69 Å². The number of aromatic nitrogens is 1. The summed E-state index contributed by atoms with van der Waals surface area (Å²) in [5, 5.41) is 0. The van der Waals surface area contributed by atoms with E-state index >= 15 is 0 Å². The van der Waals surface area contributed by atoms with E-state index in [0.29, 0.717) is 11.3 Å². The Kier molecular flexibility index (Phi) is 3.64. The summed E-state index contributed by atoms with van der Waals surface area (Å²) in [7, 11) is 0. The summed E-state index contributed by atoms with van der Waals surface area (Å²) in [5.41, 5.74) is 6.98. The third kappa shape index (κ3) is 2.80. The molecule has 2 aromatic rings. The van der Waals surface area contributed by atoms with Crippen LogP contribution in [0.2, 0.25) is 0 Å². The van der Waals surface area contributed by atoms with Crippen molar-refractivity contribution < 1.29 is 4.79 Å². The molecule has 0 radical (unpaired) electrons. The molecule has 0 saturated carbocycles. The molecule has 0 spiro atoms. The van der Waals surface area contributed by atoms with Gasteiger partial charge in [-0.1, -0.05) is 12.1 Å². The molecule has 1 aliphatic heterocycles. The van der Waals surface area contributed by atoms with Crippen molar-refractivity contribution in [1.29, 1.82) is 0 Å². The highest BCUT2D eigenvalue weighted by Gasteiger charge is 2.12. The molecule has 20 heavy (non-hydrogen) atoms. The topological polar surface area (TPSA) is 66.4 Å². The number of aliphatic imine (C=N–C) groups is 1. The van der Waals surface area contributed by atoms with E-state index in [1.807, 2.05) is 24.3 Å². The molecular formula is C14H12N4OS. The first-order valence-electron chi connectivity index (χ1n) is 6.09. The van der Waals surface area contributed by atoms with Crippen molar-refractivity contribution in [2.75, 3.05) is 5.75 Å². The smallest absolute Gasteiger partial charge is 0.269 e. The van der Waals surface area contributed by atoms with Gasteiger partial charge in [0.1, 0.15) is 5.84 Å². The molecule has 1 aromatic carbocycles. The van der Waals surface area contributed by atoms with E-state index < -0.39 is 0 Å². The quantitative estimate of drug-likeness (QED) is 0.787. The van der Waals surface area contributed by atoms with Gasteiger partial charge < -0.3 is 0 Å². The Labute approximate surface area is 120 Å². The van der Waals surface area contributed by atoms with Crippen LogP contribution in [-0.4, -0.2) is 22.5 Å². The average molecular weight is 284 g/mol. The molecule has 0 atom stereocenters. The zero-order valence-corrected chi connectivity index (χ0v) is 11.4. The van der Waals surface area contributed by atoms with Gasteiger partial charge in [-0.15, -0.1) is 11.8 Å². The number of pyridine rings is 1. The minimum Gasteiger partial charge on any atom is -0.284 e. The number of hydrazine groups is 1. The number of benzene rings is 1. The number of nitrogens with zero attached hydrogens (tertiary/aromatic N) is 2. The monoisotopic (exact) mass is 284 g/mol. The molecule has 6 heteroatoms. The van der Waals surface area contributed by atoms with Gasteiger partial charge in [0.15, 0.2) is 0 Å². The van der Waals surface area contributed by atoms with E-state index in [-0.39, 0.29) is 5.91 Å². The van der Waals surface area contributed by atoms with E-state index in [1.54, 1.807) is 36.3 Å². The SMILES string of the molecule is O=C(NNC1=Nc2ccccc2SC1)c1ccncc1. The number of rotatable bonds is 1. The van der Waals surface area contributed by atoms with Crippen LogP contribution in [0.1, 0.15) is 10.4 Å². The standard InChI is InChI=1S/C14H12N4OS/c19-14(10-5-7-15-8-6-10)18-17-13-9-20-12-4-2-1-3-11(12)16-13/h1-8H,9H2,(H,16,17)(H,18,19). The van der Waals surface area contributed by atoms with Crippen molar-refractivity contribution in [2.24, 2.45) is 4.99 Å². The zero-order valence-electron chi connectivity index (χ0n) is 10.5. The van der Waals surface area contributed by atoms with E-state index in [9.17, 15) is 4.79 Å². The molecule has 1 amide bonds. The summed E-state index contributed by atoms with van der Waals surface area (Å²) >= 11 is 1.69. The third-order valence-electron chi connectivity index (χ3n) is 2.75. The van der Waals surface area contributed by atoms with Crippen molar-refractivity contribution in [3.05, 3.63) is 54.4 Å². The second-order valence-electron chi connectivity index (χ2n) is 4.13. The van der Waals surface area contributed by atoms with Crippen LogP contribution >= 0.6 is 11.8 Å². The molecule has 1 aliphatic rings. The van der Waals surface area contributed by atoms with Crippen molar-refractivity contribution in [2.45, 2.75) is 4.90 Å². The van der Waals surface area contributed by atoms with Gasteiger partial charge in [0.25, 0.3) is 5.91 Å². The van der Waals surface area contributed by atoms with E-state index in [4.69, 9.17) is 0 Å². The number of para-hydroxylation sites is 1. The Hall–Kier alpha value is -2.34. The van der Waals surface area contributed by atoms with Gasteiger partial charge in [0.2, 0.25) is 0 Å². The van der Waals surface area contributed by atoms with Crippen molar-refractivity contribution in [1.82, 2.24) is 15.8 Å². The van der Waals surface area contributed by atoms with Crippen molar-refractivity contribution >= 4 is 29.2 Å². The number of carbonyl (C=O) groups excluding carboxylic acids is 1. The lowest BCUT2D eigenvalue weighted by atomic mass is 10.3. The second-order valence-corrected chi connectivity index (χ2v) is 5.15. The molecular weight excluding hydrogens is 272 g/mol. The lowest BCUT2D eigenvalue weighted by molar-refractivity contribution is 0.0943. The first-order valence-corrected chi connectivity index (χ1v) is 7.07. The molecule has 2 N–H and O–H groups in total. The van der Waals surface area contributed by atoms with Gasteiger partial charge in [0, 0.05) is 22.9 Å². The predicted octanol–water partition coefficient (Wildman–Crippen LogP) is 2.15. The summed E-state index contributed by atoms with van der Waals surface area (Å²) in [5.74, 6) is 1.23. The van der Waals surface area contributed by atoms with Gasteiger partial charge in [-0.05, 0) is 24.3 Å². The summed E-state index contributed by atoms with van der Waals surface area (Å²) < 4.78 is 0. The van der Waals surface area contributed by atoms with Crippen molar-refractivity contribution in [3.8, 4) is 0 Å². The van der Waals surface area contributed by atoms with Crippen molar-refractivity contribution in [3.63, 3.8) is 0 Å². The van der Waals surface area contributed by atoms with Gasteiger partial charge in [0.05, 0.1) is 11.4 Å². The fourth-order valence-electron chi connectivity index (χ4n) is 1.76. The van der Waals surface area contributed by atoms with Crippen LogP contribution in [0.25, 0.3) is 0 Å². The van der Waals surface area contributed by atoms with Crippen LogP contribution in [0.3, 0.4) is 0 Å². The first kappa shape index (κ1) is 12.7. The summed E-state index contributed by atoms with van der Waals surface area (Å²) in [6.07, 6.45) is 3.16. The lowest BCUT2D eigenvalue weighted by Crippen LogP contribution is -2.43. The van der Waals surface area contributed by atoms with E-state index in [0.717, 1.165) is 16.4 Å². The number of fused-ring (bicyclic) bond motifs is 1. The van der Waals surface area contributed by atoms with Gasteiger partial charge in [-0.2, -0.15) is 0 Å². The maximum Gasteiger partial charge on any atom is 0.269 e. The maximum absolute atomic E-state index is 11.9. The second kappa shape index (κ2) is 5.75. The van der Waals surface area contributed by atoms with Crippen LogP contribution in [0.15, 0.2) is 58.7 Å². The largest absolute Gasteiger partial charge is 0.284 e. The first-order chi connectivity index (χ1) is 9.83. The number of nitrogens with one attached hydrogen (secondary N) is 2. The number of thioether (sulfide) groups is 1. The number of hydrogen-bond donors (Lipinski definition) is 2. The Morgan fingerprint density at radius 3 is 2.80 bits per heavy atom. The molecule has 0 unspecified atom stereocenters. The predicted molar refractivity (Wildman–Crippen MR) is 79.1 cm³/mol. The van der Waals surface area contributed by atoms with Gasteiger partial charge >= 0.3 is 0 Å². The fourth-order valence-corrected chi connectivity index (χ4v) is 2.63. The highest BCUT2D eigenvalue weighted by atomic mass is 32.2. The van der Waals surface area contributed by atoms with E-state index in [2.05, 4.69) is 20.8 Å². The number of hydrogen-bond acceptors (Lipinski definition) is 5. The summed E-state index contributed by atoms with van der Waals surface area (Å²) in [6, 6.07) is 11.2. The number of amidine groups is 1. The van der Waals surface area contributed by atoms with Crippen LogP contribution in [0, 0.1) is 0 Å². The Morgan fingerprint density at radius 2 is 1.95 bits per heavy atom. The number of amides is 1. The fraction of sp³-hybridized carbons (Fsp3) is 0.0714. The minimum atomic E-state index is -0.209. The highest BCUT2D eigenvalue weighted by Crippen LogP contribution is 2.32. The van der Waals surface area contributed by atoms with Crippen LogP contribution < -0.4 is 10.9 Å². The minimum absolute atomic E-state index is 0.209. The van der Waals surface area contributed by atoms with Crippen LogP contribution in [-0.2, 0) is 0 Å². The van der Waals surface area contributed by atoms with Gasteiger partial charge in [-0.25, -0.2) is 4.99 Å². The number of carbonyl (C=O) groups is 1. The molecule has 1 aromatic heterocycles. The molecule has 0 saturated heterocycles. The van der Waals surface area contributed by atoms with Gasteiger partial charge in [-0.3, -0.25) is 20.6 Å². The van der Waals surface area contributed by atoms with Crippen LogP contribution in [0.5, 0.6) is 0 Å². The zero-order chi connectivity index (χ0) is 13.8. The summed E-state index contributed by atoms with van der Waals surface area (Å²) in [6.45, 7) is 0.